The maximum atomic E-state index is 12.7. The van der Waals surface area contributed by atoms with Gasteiger partial charge in [0, 0.05) is 17.0 Å². The lowest BCUT2D eigenvalue weighted by atomic mass is 10.1. The number of H-pyrrole nitrogens is 1. The molecule has 0 spiro atoms. The number of aromatic nitrogens is 2. The predicted octanol–water partition coefficient (Wildman–Crippen LogP) is 5.16. The Morgan fingerprint density at radius 1 is 1.04 bits per heavy atom. The third-order valence-corrected chi connectivity index (χ3v) is 5.77. The van der Waals surface area contributed by atoms with Crippen molar-refractivity contribution in [2.75, 3.05) is 6.61 Å². The number of aryl methyl sites for hydroxylation is 1. The van der Waals surface area contributed by atoms with Gasteiger partial charge in [-0.1, -0.05) is 54.6 Å². The van der Waals surface area contributed by atoms with Gasteiger partial charge in [0.15, 0.2) is 0 Å². The minimum atomic E-state index is -0.0932. The molecule has 4 aromatic rings. The standard InChI is InChI=1S/C22H20N2O2S/c1-3-26-13-15-9-11-17(12-10-15)20-23-21(25)18-14(2)19(27-22(18)24-20)16-7-5-4-6-8-16/h4-12H,3,13H2,1-2H3,(H,23,24,25). The van der Waals surface area contributed by atoms with Crippen LogP contribution in [0.15, 0.2) is 59.4 Å². The number of aromatic amines is 1. The van der Waals surface area contributed by atoms with Gasteiger partial charge in [0.2, 0.25) is 0 Å². The van der Waals surface area contributed by atoms with E-state index in [1.165, 1.54) is 0 Å². The summed E-state index contributed by atoms with van der Waals surface area (Å²) >= 11 is 1.56. The molecule has 2 heterocycles. The summed E-state index contributed by atoms with van der Waals surface area (Å²) < 4.78 is 5.43. The molecule has 4 nitrogen and oxygen atoms in total. The van der Waals surface area contributed by atoms with Gasteiger partial charge >= 0.3 is 0 Å². The second-order valence-electron chi connectivity index (χ2n) is 6.35. The van der Waals surface area contributed by atoms with E-state index in [0.717, 1.165) is 32.0 Å². The van der Waals surface area contributed by atoms with Crippen LogP contribution in [0.1, 0.15) is 18.1 Å². The van der Waals surface area contributed by atoms with Gasteiger partial charge in [0.05, 0.1) is 12.0 Å². The smallest absolute Gasteiger partial charge is 0.260 e. The monoisotopic (exact) mass is 376 g/mol. The number of thiophene rings is 1. The lowest BCUT2D eigenvalue weighted by Gasteiger charge is -2.04. The van der Waals surface area contributed by atoms with Crippen LogP contribution < -0.4 is 5.56 Å². The molecule has 0 saturated heterocycles. The molecular formula is C22H20N2O2S. The van der Waals surface area contributed by atoms with Crippen molar-refractivity contribution in [1.29, 1.82) is 0 Å². The summed E-state index contributed by atoms with van der Waals surface area (Å²) in [6.45, 7) is 5.24. The van der Waals surface area contributed by atoms with Crippen LogP contribution in [-0.2, 0) is 11.3 Å². The molecular weight excluding hydrogens is 356 g/mol. The Morgan fingerprint density at radius 2 is 1.78 bits per heavy atom. The predicted molar refractivity (Wildman–Crippen MR) is 111 cm³/mol. The van der Waals surface area contributed by atoms with Crippen LogP contribution in [-0.4, -0.2) is 16.6 Å². The Hall–Kier alpha value is -2.76. The third-order valence-electron chi connectivity index (χ3n) is 4.54. The molecule has 136 valence electrons. The van der Waals surface area contributed by atoms with E-state index in [-0.39, 0.29) is 5.56 Å². The number of ether oxygens (including phenoxy) is 1. The van der Waals surface area contributed by atoms with Crippen molar-refractivity contribution in [2.45, 2.75) is 20.5 Å². The molecule has 2 aromatic carbocycles. The van der Waals surface area contributed by atoms with Crippen molar-refractivity contribution in [3.63, 3.8) is 0 Å². The normalized spacial score (nSPS) is 11.2. The summed E-state index contributed by atoms with van der Waals surface area (Å²) in [6.07, 6.45) is 0. The molecule has 5 heteroatoms. The zero-order valence-corrected chi connectivity index (χ0v) is 16.1. The first-order valence-corrected chi connectivity index (χ1v) is 9.75. The molecule has 0 aliphatic heterocycles. The van der Waals surface area contributed by atoms with Crippen LogP contribution in [0.3, 0.4) is 0 Å². The number of nitrogens with zero attached hydrogens (tertiary/aromatic N) is 1. The number of rotatable bonds is 5. The zero-order chi connectivity index (χ0) is 18.8. The van der Waals surface area contributed by atoms with Crippen molar-refractivity contribution in [3.8, 4) is 21.8 Å². The summed E-state index contributed by atoms with van der Waals surface area (Å²) in [4.78, 5) is 22.3. The van der Waals surface area contributed by atoms with Crippen molar-refractivity contribution in [3.05, 3.63) is 76.1 Å². The third kappa shape index (κ3) is 3.44. The number of benzene rings is 2. The van der Waals surface area contributed by atoms with Crippen LogP contribution in [0, 0.1) is 6.92 Å². The highest BCUT2D eigenvalue weighted by atomic mass is 32.1. The van der Waals surface area contributed by atoms with Gasteiger partial charge in [0.25, 0.3) is 5.56 Å². The van der Waals surface area contributed by atoms with Crippen molar-refractivity contribution < 1.29 is 4.74 Å². The van der Waals surface area contributed by atoms with Gasteiger partial charge in [-0.25, -0.2) is 4.98 Å². The SMILES string of the molecule is CCOCc1ccc(-c2nc3sc(-c4ccccc4)c(C)c3c(=O)[nH]2)cc1. The molecule has 0 unspecified atom stereocenters. The van der Waals surface area contributed by atoms with E-state index < -0.39 is 0 Å². The molecule has 0 amide bonds. The lowest BCUT2D eigenvalue weighted by Crippen LogP contribution is -2.09. The Morgan fingerprint density at radius 3 is 2.48 bits per heavy atom. The minimum absolute atomic E-state index is 0.0932. The number of nitrogens with one attached hydrogen (secondary N) is 1. The highest BCUT2D eigenvalue weighted by molar-refractivity contribution is 7.22. The molecule has 0 aliphatic carbocycles. The highest BCUT2D eigenvalue weighted by Gasteiger charge is 2.16. The summed E-state index contributed by atoms with van der Waals surface area (Å²) in [7, 11) is 0. The van der Waals surface area contributed by atoms with Crippen molar-refractivity contribution in [2.24, 2.45) is 0 Å². The zero-order valence-electron chi connectivity index (χ0n) is 15.3. The molecule has 2 aromatic heterocycles. The molecule has 0 saturated carbocycles. The Balaban J connectivity index is 1.77. The fourth-order valence-electron chi connectivity index (χ4n) is 3.12. The highest BCUT2D eigenvalue weighted by Crippen LogP contribution is 2.36. The number of hydrogen-bond acceptors (Lipinski definition) is 4. The van der Waals surface area contributed by atoms with E-state index in [1.54, 1.807) is 11.3 Å². The quantitative estimate of drug-likeness (QED) is 0.523. The molecule has 27 heavy (non-hydrogen) atoms. The minimum Gasteiger partial charge on any atom is -0.377 e. The van der Waals surface area contributed by atoms with E-state index in [4.69, 9.17) is 9.72 Å². The van der Waals surface area contributed by atoms with Gasteiger partial charge in [-0.05, 0) is 30.5 Å². The van der Waals surface area contributed by atoms with Gasteiger partial charge < -0.3 is 9.72 Å². The average Bonchev–Trinajstić information content (AvgIpc) is 3.04. The van der Waals surface area contributed by atoms with E-state index in [9.17, 15) is 4.79 Å². The topological polar surface area (TPSA) is 55.0 Å². The first-order valence-electron chi connectivity index (χ1n) is 8.93. The number of hydrogen-bond donors (Lipinski definition) is 1. The first kappa shape index (κ1) is 17.6. The van der Waals surface area contributed by atoms with E-state index in [1.807, 2.05) is 56.3 Å². The van der Waals surface area contributed by atoms with Crippen molar-refractivity contribution >= 4 is 21.6 Å². The maximum Gasteiger partial charge on any atom is 0.260 e. The van der Waals surface area contributed by atoms with Crippen molar-refractivity contribution in [1.82, 2.24) is 9.97 Å². The lowest BCUT2D eigenvalue weighted by molar-refractivity contribution is 0.134. The Labute approximate surface area is 161 Å². The van der Waals surface area contributed by atoms with Crippen LogP contribution >= 0.6 is 11.3 Å². The summed E-state index contributed by atoms with van der Waals surface area (Å²) in [5.74, 6) is 0.594. The largest absolute Gasteiger partial charge is 0.377 e. The van der Waals surface area contributed by atoms with Crippen LogP contribution in [0.5, 0.6) is 0 Å². The van der Waals surface area contributed by atoms with Gasteiger partial charge in [0.1, 0.15) is 10.7 Å². The van der Waals surface area contributed by atoms with Gasteiger partial charge in [-0.15, -0.1) is 11.3 Å². The molecule has 0 radical (unpaired) electrons. The van der Waals surface area contributed by atoms with Crippen LogP contribution in [0.25, 0.3) is 32.0 Å². The fraction of sp³-hybridized carbons (Fsp3) is 0.182. The molecule has 0 fully saturated rings. The summed E-state index contributed by atoms with van der Waals surface area (Å²) in [5, 5.41) is 0.676. The van der Waals surface area contributed by atoms with Gasteiger partial charge in [-0.2, -0.15) is 0 Å². The van der Waals surface area contributed by atoms with Gasteiger partial charge in [-0.3, -0.25) is 4.79 Å². The fourth-order valence-corrected chi connectivity index (χ4v) is 4.31. The summed E-state index contributed by atoms with van der Waals surface area (Å²) in [6, 6.07) is 18.1. The average molecular weight is 376 g/mol. The number of fused-ring (bicyclic) bond motifs is 1. The van der Waals surface area contributed by atoms with E-state index in [2.05, 4.69) is 17.1 Å². The second-order valence-corrected chi connectivity index (χ2v) is 7.35. The molecule has 4 rings (SSSR count). The molecule has 1 N–H and O–H groups in total. The van der Waals surface area contributed by atoms with E-state index in [0.29, 0.717) is 24.4 Å². The Kier molecular flexibility index (Phi) is 4.88. The van der Waals surface area contributed by atoms with E-state index >= 15 is 0 Å². The molecule has 0 aliphatic rings. The van der Waals surface area contributed by atoms with Crippen LogP contribution in [0.4, 0.5) is 0 Å². The van der Waals surface area contributed by atoms with Crippen LogP contribution in [0.2, 0.25) is 0 Å². The molecule has 0 bridgehead atoms. The Bertz CT molecular complexity index is 1130. The summed E-state index contributed by atoms with van der Waals surface area (Å²) in [5.41, 5.74) is 3.99. The second kappa shape index (κ2) is 7.47. The first-order chi connectivity index (χ1) is 13.2. The molecule has 0 atom stereocenters. The maximum absolute atomic E-state index is 12.7.